The average Bonchev–Trinajstić information content (AvgIpc) is 3.28. The van der Waals surface area contributed by atoms with E-state index < -0.39 is 5.60 Å². The van der Waals surface area contributed by atoms with Crippen LogP contribution in [0.2, 0.25) is 0 Å². The zero-order valence-electron chi connectivity index (χ0n) is 16.1. The lowest BCUT2D eigenvalue weighted by molar-refractivity contribution is 0.0839. The number of nitrogens with two attached hydrogens (primary N) is 1. The maximum absolute atomic E-state index is 10.3. The van der Waals surface area contributed by atoms with Crippen molar-refractivity contribution in [1.29, 1.82) is 0 Å². The molecule has 1 fully saturated rings. The summed E-state index contributed by atoms with van der Waals surface area (Å²) in [7, 11) is 1.72. The Morgan fingerprint density at radius 3 is 2.89 bits per heavy atom. The summed E-state index contributed by atoms with van der Waals surface area (Å²) in [4.78, 5) is 10.7. The predicted molar refractivity (Wildman–Crippen MR) is 113 cm³/mol. The monoisotopic (exact) mass is 376 g/mol. The van der Waals surface area contributed by atoms with Crippen LogP contribution < -0.4 is 10.6 Å². The maximum atomic E-state index is 10.3. The average molecular weight is 376 g/mol. The lowest BCUT2D eigenvalue weighted by atomic mass is 10.1. The van der Waals surface area contributed by atoms with Gasteiger partial charge in [-0.3, -0.25) is 4.99 Å². The first-order chi connectivity index (χ1) is 13.5. The van der Waals surface area contributed by atoms with E-state index in [-0.39, 0.29) is 0 Å². The summed E-state index contributed by atoms with van der Waals surface area (Å²) in [6, 6.07) is 10.0. The highest BCUT2D eigenvalue weighted by Crippen LogP contribution is 2.28. The Hall–Kier alpha value is -3.19. The molecule has 0 bridgehead atoms. The molecule has 0 amide bonds. The lowest BCUT2D eigenvalue weighted by Gasteiger charge is -2.20. The number of benzene rings is 1. The minimum atomic E-state index is -0.670. The van der Waals surface area contributed by atoms with Gasteiger partial charge in [-0.2, -0.15) is 5.10 Å². The fourth-order valence-electron chi connectivity index (χ4n) is 3.61. The molecular weight excluding hydrogens is 352 g/mol. The van der Waals surface area contributed by atoms with Crippen molar-refractivity contribution in [3.8, 4) is 5.69 Å². The molecule has 2 aromatic heterocycles. The molecule has 0 spiro atoms. The van der Waals surface area contributed by atoms with Crippen molar-refractivity contribution in [3.05, 3.63) is 54.5 Å². The summed E-state index contributed by atoms with van der Waals surface area (Å²) < 4.78 is 1.90. The topological polar surface area (TPSA) is 92.6 Å². The normalized spacial score (nSPS) is 20.5. The smallest absolute Gasteiger partial charge is 0.130 e. The van der Waals surface area contributed by atoms with Crippen molar-refractivity contribution >= 4 is 28.5 Å². The van der Waals surface area contributed by atoms with E-state index >= 15 is 0 Å². The Bertz CT molecular complexity index is 1070. The second-order valence-corrected chi connectivity index (χ2v) is 7.38. The maximum Gasteiger partial charge on any atom is 0.130 e. The number of hydrogen-bond donors (Lipinski definition) is 2. The zero-order valence-corrected chi connectivity index (χ0v) is 16.1. The Labute approximate surface area is 163 Å². The molecule has 1 aromatic carbocycles. The summed E-state index contributed by atoms with van der Waals surface area (Å²) in [5, 5.41) is 15.9. The van der Waals surface area contributed by atoms with Crippen LogP contribution in [-0.2, 0) is 0 Å². The first kappa shape index (κ1) is 18.2. The minimum Gasteiger partial charge on any atom is -0.404 e. The van der Waals surface area contributed by atoms with Crippen LogP contribution in [0, 0.1) is 0 Å². The van der Waals surface area contributed by atoms with Crippen molar-refractivity contribution in [1.82, 2.24) is 14.8 Å². The van der Waals surface area contributed by atoms with Gasteiger partial charge >= 0.3 is 0 Å². The van der Waals surface area contributed by atoms with E-state index in [4.69, 9.17) is 5.73 Å². The Kier molecular flexibility index (Phi) is 4.60. The van der Waals surface area contributed by atoms with E-state index in [0.29, 0.717) is 6.54 Å². The highest BCUT2D eigenvalue weighted by molar-refractivity contribution is 6.10. The van der Waals surface area contributed by atoms with Crippen LogP contribution in [0.3, 0.4) is 0 Å². The van der Waals surface area contributed by atoms with Gasteiger partial charge in [0.2, 0.25) is 0 Å². The molecule has 0 aliphatic carbocycles. The number of aliphatic imine (C=N–C) groups is 1. The Morgan fingerprint density at radius 1 is 1.32 bits per heavy atom. The fourth-order valence-corrected chi connectivity index (χ4v) is 3.61. The number of allylic oxidation sites excluding steroid dienone is 1. The highest BCUT2D eigenvalue weighted by atomic mass is 16.3. The van der Waals surface area contributed by atoms with Crippen molar-refractivity contribution < 1.29 is 5.11 Å². The van der Waals surface area contributed by atoms with Crippen molar-refractivity contribution in [2.45, 2.75) is 18.9 Å². The molecule has 144 valence electrons. The van der Waals surface area contributed by atoms with Gasteiger partial charge in [-0.05, 0) is 31.0 Å². The van der Waals surface area contributed by atoms with Crippen molar-refractivity contribution in [2.75, 3.05) is 25.0 Å². The second-order valence-electron chi connectivity index (χ2n) is 7.38. The number of fused-ring (bicyclic) bond motifs is 1. The standard InChI is InChI=1S/C21H24N6O/c1-21(28)6-8-26(14-21)20-10-18(5-7-24-20)27-19-9-15(17(11-22)12-23-2)3-4-16(19)13-25-27/h3-5,7,9-13,28H,6,8,14,22H2,1-2H3. The molecule has 28 heavy (non-hydrogen) atoms. The van der Waals surface area contributed by atoms with E-state index in [9.17, 15) is 5.11 Å². The van der Waals surface area contributed by atoms with Gasteiger partial charge in [0.1, 0.15) is 5.82 Å². The quantitative estimate of drug-likeness (QED) is 0.682. The summed E-state index contributed by atoms with van der Waals surface area (Å²) in [6.07, 6.45) is 7.66. The first-order valence-corrected chi connectivity index (χ1v) is 9.27. The molecule has 0 saturated carbocycles. The number of nitrogens with zero attached hydrogens (tertiary/aromatic N) is 5. The minimum absolute atomic E-state index is 0.578. The lowest BCUT2D eigenvalue weighted by Crippen LogP contribution is -2.30. The number of hydrogen-bond acceptors (Lipinski definition) is 6. The van der Waals surface area contributed by atoms with Crippen molar-refractivity contribution in [2.24, 2.45) is 10.7 Å². The largest absolute Gasteiger partial charge is 0.404 e. The third-order valence-corrected chi connectivity index (χ3v) is 5.10. The zero-order chi connectivity index (χ0) is 19.7. The van der Waals surface area contributed by atoms with E-state index in [1.165, 1.54) is 0 Å². The van der Waals surface area contributed by atoms with Crippen molar-refractivity contribution in [3.63, 3.8) is 0 Å². The van der Waals surface area contributed by atoms with Crippen LogP contribution >= 0.6 is 0 Å². The summed E-state index contributed by atoms with van der Waals surface area (Å²) >= 11 is 0. The van der Waals surface area contributed by atoms with Gasteiger partial charge in [0.05, 0.1) is 23.0 Å². The van der Waals surface area contributed by atoms with E-state index in [0.717, 1.165) is 46.5 Å². The van der Waals surface area contributed by atoms with Crippen LogP contribution in [0.5, 0.6) is 0 Å². The van der Waals surface area contributed by atoms with Crippen LogP contribution in [-0.4, -0.2) is 51.8 Å². The van der Waals surface area contributed by atoms with Crippen LogP contribution in [0.4, 0.5) is 5.82 Å². The van der Waals surface area contributed by atoms with Gasteiger partial charge in [0, 0.05) is 55.8 Å². The summed E-state index contributed by atoms with van der Waals surface area (Å²) in [6.45, 7) is 3.23. The first-order valence-electron chi connectivity index (χ1n) is 9.27. The molecule has 3 aromatic rings. The van der Waals surface area contributed by atoms with Crippen LogP contribution in [0.25, 0.3) is 22.2 Å². The number of aromatic nitrogens is 3. The van der Waals surface area contributed by atoms with E-state index in [1.54, 1.807) is 25.7 Å². The number of β-amino-alcohol motifs (C(OH)–C–C–N with tert-alkyl or cyclic N) is 1. The molecule has 3 heterocycles. The third kappa shape index (κ3) is 3.36. The van der Waals surface area contributed by atoms with Gasteiger partial charge in [0.15, 0.2) is 0 Å². The molecule has 1 saturated heterocycles. The number of rotatable bonds is 4. The molecular formula is C21H24N6O. The molecule has 1 atom stereocenters. The highest BCUT2D eigenvalue weighted by Gasteiger charge is 2.32. The molecule has 4 rings (SSSR count). The third-order valence-electron chi connectivity index (χ3n) is 5.10. The SMILES string of the molecule is CN=CC(=CN)c1ccc2cnn(-c3ccnc(N4CCC(C)(O)C4)c3)c2c1. The van der Waals surface area contributed by atoms with E-state index in [2.05, 4.69) is 26.0 Å². The van der Waals surface area contributed by atoms with Crippen LogP contribution in [0.15, 0.2) is 53.9 Å². The van der Waals surface area contributed by atoms with Gasteiger partial charge in [-0.1, -0.05) is 12.1 Å². The molecule has 7 heteroatoms. The van der Waals surface area contributed by atoms with E-state index in [1.807, 2.05) is 42.1 Å². The summed E-state index contributed by atoms with van der Waals surface area (Å²) in [5.74, 6) is 0.843. The van der Waals surface area contributed by atoms with Gasteiger partial charge in [-0.25, -0.2) is 9.67 Å². The van der Waals surface area contributed by atoms with Gasteiger partial charge in [-0.15, -0.1) is 0 Å². The molecule has 7 nitrogen and oxygen atoms in total. The molecule has 0 radical (unpaired) electrons. The number of aliphatic hydroxyl groups is 1. The number of anilines is 1. The fraction of sp³-hybridized carbons (Fsp3) is 0.286. The van der Waals surface area contributed by atoms with Gasteiger partial charge in [0.25, 0.3) is 0 Å². The molecule has 1 aliphatic heterocycles. The molecule has 1 unspecified atom stereocenters. The molecule has 1 aliphatic rings. The van der Waals surface area contributed by atoms with Gasteiger partial charge < -0.3 is 15.7 Å². The second kappa shape index (κ2) is 7.09. The van der Waals surface area contributed by atoms with Crippen LogP contribution in [0.1, 0.15) is 18.9 Å². The summed E-state index contributed by atoms with van der Waals surface area (Å²) in [5.41, 5.74) is 8.82. The number of pyridine rings is 1. The Morgan fingerprint density at radius 2 is 2.18 bits per heavy atom. The Balaban J connectivity index is 1.74. The predicted octanol–water partition coefficient (Wildman–Crippen LogP) is 2.38. The molecule has 3 N–H and O–H groups in total.